The molecule has 0 atom stereocenters. The van der Waals surface area contributed by atoms with Crippen LogP contribution in [0.3, 0.4) is 0 Å². The second kappa shape index (κ2) is 16.9. The molecule has 0 bridgehead atoms. The molecule has 1 aromatic heterocycles. The van der Waals surface area contributed by atoms with Gasteiger partial charge < -0.3 is 19.0 Å². The summed E-state index contributed by atoms with van der Waals surface area (Å²) >= 11 is 0. The Bertz CT molecular complexity index is 1530. The third-order valence-electron chi connectivity index (χ3n) is 8.21. The van der Waals surface area contributed by atoms with Gasteiger partial charge in [-0.15, -0.1) is 0 Å². The lowest BCUT2D eigenvalue weighted by molar-refractivity contribution is -0.112. The van der Waals surface area contributed by atoms with Crippen molar-refractivity contribution in [1.29, 1.82) is 0 Å². The molecule has 1 heterocycles. The number of hydrogen-bond acceptors (Lipinski definition) is 5. The number of aliphatic hydroxyl groups excluding tert-OH is 1. The Morgan fingerprint density at radius 2 is 1.25 bits per heavy atom. The number of allylic oxidation sites excluding steroid dienone is 1. The van der Waals surface area contributed by atoms with E-state index in [1.807, 2.05) is 24.3 Å². The van der Waals surface area contributed by atoms with Crippen LogP contribution in [0.5, 0.6) is 11.5 Å². The molecule has 0 radical (unpaired) electrons. The number of aryl methyl sites for hydroxylation is 1. The highest BCUT2D eigenvalue weighted by atomic mass is 16.5. The maximum Gasteiger partial charge on any atom is 0.156 e. The molecule has 3 aromatic carbocycles. The monoisotopic (exact) mass is 598 g/mol. The van der Waals surface area contributed by atoms with Crippen LogP contribution in [0.15, 0.2) is 59.0 Å². The van der Waals surface area contributed by atoms with E-state index in [0.717, 1.165) is 76.0 Å². The van der Waals surface area contributed by atoms with Crippen LogP contribution in [0.4, 0.5) is 0 Å². The first-order chi connectivity index (χ1) is 21.4. The van der Waals surface area contributed by atoms with Crippen LogP contribution in [0.2, 0.25) is 0 Å². The minimum atomic E-state index is -0.196. The standard InChI is InChI=1S/C39H50O5/c1-5-7-9-11-13-15-21-42-36-26-33-34-27-37(43-22-16-14-12-10-8-6-2)32(25-39(34)44-38(33)23-28(36)3)30-17-19-31(20-18-30)35(41)24-29(4)40/h17-20,23-27,41H,5-16,21-22H2,1-4H3. The highest BCUT2D eigenvalue weighted by Gasteiger charge is 2.17. The predicted octanol–water partition coefficient (Wildman–Crippen LogP) is 11.5. The molecule has 236 valence electrons. The van der Waals surface area contributed by atoms with Crippen molar-refractivity contribution in [2.75, 3.05) is 13.2 Å². The van der Waals surface area contributed by atoms with Gasteiger partial charge in [-0.05, 0) is 62.1 Å². The molecule has 0 amide bonds. The average molecular weight is 599 g/mol. The highest BCUT2D eigenvalue weighted by molar-refractivity contribution is 6.07. The Labute approximate surface area is 263 Å². The van der Waals surface area contributed by atoms with E-state index in [2.05, 4.69) is 45.0 Å². The van der Waals surface area contributed by atoms with E-state index in [4.69, 9.17) is 13.9 Å². The number of hydrogen-bond donors (Lipinski definition) is 1. The maximum absolute atomic E-state index is 11.4. The van der Waals surface area contributed by atoms with E-state index in [0.29, 0.717) is 12.2 Å². The van der Waals surface area contributed by atoms with Crippen LogP contribution in [0.25, 0.3) is 38.8 Å². The Hall–Kier alpha value is -3.73. The Kier molecular flexibility index (Phi) is 12.8. The quantitative estimate of drug-likeness (QED) is 0.0660. The van der Waals surface area contributed by atoms with Crippen molar-refractivity contribution in [3.8, 4) is 22.6 Å². The largest absolute Gasteiger partial charge is 0.507 e. The Balaban J connectivity index is 1.61. The lowest BCUT2D eigenvalue weighted by atomic mass is 10.00. The predicted molar refractivity (Wildman–Crippen MR) is 183 cm³/mol. The first kappa shape index (κ1) is 33.2. The van der Waals surface area contributed by atoms with Gasteiger partial charge in [0.2, 0.25) is 0 Å². The van der Waals surface area contributed by atoms with Crippen molar-refractivity contribution < 1.29 is 23.8 Å². The molecular weight excluding hydrogens is 548 g/mol. The van der Waals surface area contributed by atoms with Crippen LogP contribution in [0.1, 0.15) is 109 Å². The molecule has 0 aliphatic rings. The van der Waals surface area contributed by atoms with E-state index in [-0.39, 0.29) is 11.5 Å². The van der Waals surface area contributed by atoms with Gasteiger partial charge in [0.15, 0.2) is 5.78 Å². The van der Waals surface area contributed by atoms with Crippen molar-refractivity contribution in [2.45, 2.75) is 105 Å². The SMILES string of the molecule is CCCCCCCCOc1cc2c(cc1C)oc1cc(-c3ccc(C(O)=CC(C)=O)cc3)c(OCCCCCCCC)cc12. The van der Waals surface area contributed by atoms with Crippen LogP contribution >= 0.6 is 0 Å². The molecule has 5 heteroatoms. The fraction of sp³-hybridized carbons (Fsp3) is 0.462. The molecule has 0 saturated carbocycles. The van der Waals surface area contributed by atoms with Gasteiger partial charge >= 0.3 is 0 Å². The number of aliphatic hydroxyl groups is 1. The van der Waals surface area contributed by atoms with Gasteiger partial charge in [0.25, 0.3) is 0 Å². The molecule has 0 saturated heterocycles. The van der Waals surface area contributed by atoms with Gasteiger partial charge in [-0.25, -0.2) is 0 Å². The van der Waals surface area contributed by atoms with Crippen molar-refractivity contribution in [3.05, 3.63) is 65.7 Å². The molecule has 0 aliphatic carbocycles. The third-order valence-corrected chi connectivity index (χ3v) is 8.21. The second-order valence-corrected chi connectivity index (χ2v) is 12.0. The van der Waals surface area contributed by atoms with Crippen molar-refractivity contribution in [1.82, 2.24) is 0 Å². The molecule has 0 spiro atoms. The molecule has 4 aromatic rings. The molecular formula is C39H50O5. The lowest BCUT2D eigenvalue weighted by Gasteiger charge is -2.13. The third kappa shape index (κ3) is 9.14. The molecule has 0 fully saturated rings. The zero-order valence-electron chi connectivity index (χ0n) is 27.2. The van der Waals surface area contributed by atoms with Gasteiger partial charge in [-0.3, -0.25) is 4.79 Å². The summed E-state index contributed by atoms with van der Waals surface area (Å²) < 4.78 is 19.1. The number of rotatable bonds is 19. The van der Waals surface area contributed by atoms with E-state index in [1.54, 1.807) is 0 Å². The summed E-state index contributed by atoms with van der Waals surface area (Å²) in [7, 11) is 0. The number of unbranched alkanes of at least 4 members (excludes halogenated alkanes) is 10. The first-order valence-electron chi connectivity index (χ1n) is 16.7. The number of fused-ring (bicyclic) bond motifs is 3. The topological polar surface area (TPSA) is 68.9 Å². The number of benzene rings is 3. The highest BCUT2D eigenvalue weighted by Crippen LogP contribution is 2.41. The van der Waals surface area contributed by atoms with Gasteiger partial charge in [0.05, 0.1) is 13.2 Å². The molecule has 1 N–H and O–H groups in total. The van der Waals surface area contributed by atoms with Gasteiger partial charge in [-0.1, -0.05) is 102 Å². The summed E-state index contributed by atoms with van der Waals surface area (Å²) in [5, 5.41) is 12.3. The van der Waals surface area contributed by atoms with Crippen LogP contribution in [-0.2, 0) is 4.79 Å². The summed E-state index contributed by atoms with van der Waals surface area (Å²) in [4.78, 5) is 11.4. The molecule has 0 aliphatic heterocycles. The summed E-state index contributed by atoms with van der Waals surface area (Å²) in [6, 6.07) is 15.9. The lowest BCUT2D eigenvalue weighted by Crippen LogP contribution is -1.99. The zero-order chi connectivity index (χ0) is 31.3. The van der Waals surface area contributed by atoms with Crippen molar-refractivity contribution in [2.24, 2.45) is 0 Å². The minimum absolute atomic E-state index is 0.0405. The normalized spacial score (nSPS) is 11.9. The fourth-order valence-electron chi connectivity index (χ4n) is 5.66. The van der Waals surface area contributed by atoms with Gasteiger partial charge in [-0.2, -0.15) is 0 Å². The van der Waals surface area contributed by atoms with Gasteiger partial charge in [0.1, 0.15) is 28.4 Å². The Morgan fingerprint density at radius 1 is 0.727 bits per heavy atom. The zero-order valence-corrected chi connectivity index (χ0v) is 27.2. The van der Waals surface area contributed by atoms with E-state index in [1.165, 1.54) is 70.8 Å². The summed E-state index contributed by atoms with van der Waals surface area (Å²) in [5.74, 6) is 1.47. The summed E-state index contributed by atoms with van der Waals surface area (Å²) in [6.45, 7) is 9.34. The number of ether oxygens (including phenoxy) is 2. The van der Waals surface area contributed by atoms with Crippen molar-refractivity contribution >= 4 is 33.5 Å². The van der Waals surface area contributed by atoms with Crippen molar-refractivity contribution in [3.63, 3.8) is 0 Å². The van der Waals surface area contributed by atoms with E-state index in [9.17, 15) is 9.90 Å². The molecule has 44 heavy (non-hydrogen) atoms. The molecule has 4 rings (SSSR count). The number of carbonyl (C=O) groups excluding carboxylic acids is 1. The van der Waals surface area contributed by atoms with E-state index >= 15 is 0 Å². The van der Waals surface area contributed by atoms with Crippen LogP contribution in [0, 0.1) is 6.92 Å². The summed E-state index contributed by atoms with van der Waals surface area (Å²) in [5.41, 5.74) is 5.16. The average Bonchev–Trinajstić information content (AvgIpc) is 3.35. The Morgan fingerprint density at radius 3 is 1.84 bits per heavy atom. The molecule has 5 nitrogen and oxygen atoms in total. The minimum Gasteiger partial charge on any atom is -0.507 e. The fourth-order valence-corrected chi connectivity index (χ4v) is 5.66. The van der Waals surface area contributed by atoms with E-state index < -0.39 is 0 Å². The summed E-state index contributed by atoms with van der Waals surface area (Å²) in [6.07, 6.45) is 15.8. The number of ketones is 1. The van der Waals surface area contributed by atoms with Crippen LogP contribution in [-0.4, -0.2) is 24.1 Å². The first-order valence-corrected chi connectivity index (χ1v) is 16.7. The molecule has 0 unspecified atom stereocenters. The smallest absolute Gasteiger partial charge is 0.156 e. The second-order valence-electron chi connectivity index (χ2n) is 12.0. The number of furan rings is 1. The number of carbonyl (C=O) groups is 1. The van der Waals surface area contributed by atoms with Crippen LogP contribution < -0.4 is 9.47 Å². The maximum atomic E-state index is 11.4. The van der Waals surface area contributed by atoms with Gasteiger partial charge in [0, 0.05) is 28.0 Å².